The summed E-state index contributed by atoms with van der Waals surface area (Å²) in [4.78, 5) is 67.9. The molecule has 8 N–H and O–H groups in total. The minimum Gasteiger partial charge on any atom is -0.508 e. The van der Waals surface area contributed by atoms with Gasteiger partial charge in [-0.15, -0.1) is 0 Å². The van der Waals surface area contributed by atoms with Crippen LogP contribution in [0.5, 0.6) is 5.75 Å². The number of likely N-dealkylation sites (N-methyl/N-ethyl adjacent to an activating group) is 2. The van der Waals surface area contributed by atoms with E-state index in [4.69, 9.17) is 5.73 Å². The van der Waals surface area contributed by atoms with Crippen LogP contribution in [0, 0.1) is 11.8 Å². The van der Waals surface area contributed by atoms with Gasteiger partial charge in [-0.25, -0.2) is 0 Å². The van der Waals surface area contributed by atoms with Crippen molar-refractivity contribution in [3.8, 4) is 5.75 Å². The molecule has 14 heteroatoms. The van der Waals surface area contributed by atoms with Gasteiger partial charge in [0.05, 0.1) is 23.7 Å². The Kier molecular flexibility index (Phi) is 9.19. The Hall–Kier alpha value is -5.05. The maximum Gasteiger partial charge on any atom is 0.305 e. The lowest BCUT2D eigenvalue weighted by Crippen LogP contribution is -2.65. The molecule has 2 aromatic rings. The predicted octanol–water partition coefficient (Wildman–Crippen LogP) is 1.27. The average Bonchev–Trinajstić information content (AvgIpc) is 3.02. The second-order valence-electron chi connectivity index (χ2n) is 12.6. The van der Waals surface area contributed by atoms with Crippen molar-refractivity contribution in [3.63, 3.8) is 0 Å². The maximum absolute atomic E-state index is 14.1. The van der Waals surface area contributed by atoms with Gasteiger partial charge in [-0.1, -0.05) is 43.3 Å². The summed E-state index contributed by atoms with van der Waals surface area (Å²) in [5.41, 5.74) is 2.24. The van der Waals surface area contributed by atoms with Gasteiger partial charge in [0, 0.05) is 18.0 Å². The SMILES string of the molecule is CCN(Cc1ccccc1)[C@@H](CC(=O)O)C(=O)Nc1ccc2c(c1O)C(O)=C1C(=O)C3(O)C(O)=C(C(N)=O)C(=O)C(N(C)C)C3CC1C2. The summed E-state index contributed by atoms with van der Waals surface area (Å²) in [7, 11) is 3.04. The van der Waals surface area contributed by atoms with E-state index >= 15 is 0 Å². The van der Waals surface area contributed by atoms with Gasteiger partial charge in [-0.05, 0) is 56.6 Å². The summed E-state index contributed by atoms with van der Waals surface area (Å²) >= 11 is 0. The molecule has 0 aliphatic heterocycles. The Morgan fingerprint density at radius 2 is 1.73 bits per heavy atom. The molecule has 4 unspecified atom stereocenters. The fraction of sp³-hybridized carbons (Fsp3) is 0.382. The molecule has 254 valence electrons. The van der Waals surface area contributed by atoms with Crippen LogP contribution >= 0.6 is 0 Å². The first-order valence-electron chi connectivity index (χ1n) is 15.4. The third-order valence-corrected chi connectivity index (χ3v) is 9.60. The summed E-state index contributed by atoms with van der Waals surface area (Å²) in [6.45, 7) is 2.39. The first kappa shape index (κ1) is 34.3. The number of nitrogens with two attached hydrogens (primary N) is 1. The van der Waals surface area contributed by atoms with Crippen LogP contribution < -0.4 is 11.1 Å². The van der Waals surface area contributed by atoms with E-state index in [-0.39, 0.29) is 36.2 Å². The Balaban J connectivity index is 1.52. The molecular weight excluding hydrogens is 624 g/mol. The van der Waals surface area contributed by atoms with Gasteiger partial charge in [0.15, 0.2) is 11.4 Å². The molecule has 0 aromatic heterocycles. The molecule has 3 aliphatic rings. The number of nitrogens with one attached hydrogen (secondary N) is 1. The number of ketones is 2. The summed E-state index contributed by atoms with van der Waals surface area (Å²) in [6, 6.07) is 9.77. The normalized spacial score (nSPS) is 24.2. The molecule has 0 bridgehead atoms. The molecular formula is C34H38N4O10. The quantitative estimate of drug-likeness (QED) is 0.141. The summed E-state index contributed by atoms with van der Waals surface area (Å²) < 4.78 is 0. The predicted molar refractivity (Wildman–Crippen MR) is 171 cm³/mol. The maximum atomic E-state index is 14.1. The van der Waals surface area contributed by atoms with Crippen molar-refractivity contribution in [1.29, 1.82) is 0 Å². The zero-order valence-electron chi connectivity index (χ0n) is 26.6. The van der Waals surface area contributed by atoms with Gasteiger partial charge < -0.3 is 36.6 Å². The number of Topliss-reactive ketones (excluding diaryl/α,β-unsaturated/α-hetero) is 2. The Labute approximate surface area is 275 Å². The minimum absolute atomic E-state index is 0.0594. The topological polar surface area (TPSA) is 231 Å². The van der Waals surface area contributed by atoms with Crippen LogP contribution in [0.1, 0.15) is 36.5 Å². The van der Waals surface area contributed by atoms with E-state index in [0.717, 1.165) is 5.56 Å². The number of phenolic OH excluding ortho intramolecular Hbond substituents is 1. The number of aliphatic carboxylic acids is 1. The highest BCUT2D eigenvalue weighted by molar-refractivity contribution is 6.24. The number of fused-ring (bicyclic) bond motifs is 3. The lowest BCUT2D eigenvalue weighted by Gasteiger charge is -2.50. The Bertz CT molecular complexity index is 1770. The number of carboxylic acids is 1. The van der Waals surface area contributed by atoms with E-state index in [2.05, 4.69) is 5.32 Å². The largest absolute Gasteiger partial charge is 0.508 e. The zero-order chi connectivity index (χ0) is 35.2. The zero-order valence-corrected chi connectivity index (χ0v) is 26.6. The number of aromatic hydroxyl groups is 1. The van der Waals surface area contributed by atoms with Gasteiger partial charge >= 0.3 is 5.97 Å². The molecule has 5 atom stereocenters. The van der Waals surface area contributed by atoms with Gasteiger partial charge in [0.25, 0.3) is 5.91 Å². The van der Waals surface area contributed by atoms with Crippen molar-refractivity contribution >= 4 is 40.8 Å². The minimum atomic E-state index is -2.78. The number of aliphatic hydroxyl groups excluding tert-OH is 2. The van der Waals surface area contributed by atoms with Crippen molar-refractivity contribution in [2.75, 3.05) is 26.0 Å². The van der Waals surface area contributed by atoms with E-state index in [1.54, 1.807) is 11.8 Å². The Morgan fingerprint density at radius 1 is 1.06 bits per heavy atom. The molecule has 14 nitrogen and oxygen atoms in total. The summed E-state index contributed by atoms with van der Waals surface area (Å²) in [6.07, 6.45) is -0.515. The van der Waals surface area contributed by atoms with E-state index in [1.807, 2.05) is 30.3 Å². The van der Waals surface area contributed by atoms with Crippen molar-refractivity contribution in [2.24, 2.45) is 17.6 Å². The second-order valence-corrected chi connectivity index (χ2v) is 12.6. The monoisotopic (exact) mass is 662 g/mol. The van der Waals surface area contributed by atoms with Crippen molar-refractivity contribution < 1.29 is 49.5 Å². The fourth-order valence-corrected chi connectivity index (χ4v) is 7.35. The molecule has 2 aromatic carbocycles. The lowest BCUT2D eigenvalue weighted by molar-refractivity contribution is -0.153. The standard InChI is InChI=1S/C34H38N4O10/c1-4-38(15-16-8-6-5-7-9-16)21(14-22(39)40)33(47)36-20-11-10-17-12-18-13-19-26(37(2)3)29(43)25(32(35)46)31(45)34(19,48)30(44)24(18)28(42)23(17)27(20)41/h5-11,18-19,21,26,41-42,45,48H,4,12-15H2,1-3H3,(H2,35,46)(H,36,47)(H,39,40)/t18?,19?,21-,26?,34?/m0/s1. The lowest BCUT2D eigenvalue weighted by atomic mass is 9.57. The molecule has 0 saturated heterocycles. The number of hydrogen-bond acceptors (Lipinski definition) is 11. The van der Waals surface area contributed by atoms with Crippen molar-refractivity contribution in [1.82, 2.24) is 9.80 Å². The number of rotatable bonds is 10. The number of carbonyl (C=O) groups is 5. The van der Waals surface area contributed by atoms with Crippen LogP contribution in [-0.2, 0) is 36.9 Å². The number of anilines is 1. The molecule has 2 amide bonds. The van der Waals surface area contributed by atoms with Crippen LogP contribution in [0.4, 0.5) is 5.69 Å². The molecule has 0 radical (unpaired) electrons. The highest BCUT2D eigenvalue weighted by Crippen LogP contribution is 2.53. The third-order valence-electron chi connectivity index (χ3n) is 9.60. The first-order valence-corrected chi connectivity index (χ1v) is 15.4. The molecule has 0 spiro atoms. The van der Waals surface area contributed by atoms with Gasteiger partial charge in [-0.3, -0.25) is 33.8 Å². The van der Waals surface area contributed by atoms with E-state index in [9.17, 15) is 49.5 Å². The summed E-state index contributed by atoms with van der Waals surface area (Å²) in [5.74, 6) is -9.72. The number of aliphatic hydroxyl groups is 3. The van der Waals surface area contributed by atoms with Gasteiger partial charge in [0.2, 0.25) is 11.7 Å². The third kappa shape index (κ3) is 5.61. The fourth-order valence-electron chi connectivity index (χ4n) is 7.35. The molecule has 1 saturated carbocycles. The Morgan fingerprint density at radius 3 is 2.31 bits per heavy atom. The smallest absolute Gasteiger partial charge is 0.305 e. The first-order chi connectivity index (χ1) is 22.6. The molecule has 48 heavy (non-hydrogen) atoms. The number of carboxylic acid groups (broad SMARTS) is 1. The van der Waals surface area contributed by atoms with E-state index in [0.29, 0.717) is 12.1 Å². The van der Waals surface area contributed by atoms with E-state index in [1.165, 1.54) is 31.1 Å². The highest BCUT2D eigenvalue weighted by Gasteiger charge is 2.64. The van der Waals surface area contributed by atoms with Crippen LogP contribution in [0.15, 0.2) is 59.4 Å². The van der Waals surface area contributed by atoms with Gasteiger partial charge in [0.1, 0.15) is 28.9 Å². The van der Waals surface area contributed by atoms with Crippen LogP contribution in [0.25, 0.3) is 5.76 Å². The van der Waals surface area contributed by atoms with Crippen molar-refractivity contribution in [3.05, 3.63) is 76.1 Å². The van der Waals surface area contributed by atoms with Crippen molar-refractivity contribution in [2.45, 2.75) is 50.4 Å². The number of carbonyl (C=O) groups excluding carboxylic acids is 4. The number of benzene rings is 2. The second kappa shape index (κ2) is 12.9. The van der Waals surface area contributed by atoms with Crippen LogP contribution in [0.2, 0.25) is 0 Å². The molecule has 1 fully saturated rings. The number of hydrogen-bond donors (Lipinski definition) is 7. The number of amides is 2. The highest BCUT2D eigenvalue weighted by atomic mass is 16.4. The van der Waals surface area contributed by atoms with Crippen LogP contribution in [0.3, 0.4) is 0 Å². The molecule has 0 heterocycles. The number of nitrogens with zero attached hydrogens (tertiary/aromatic N) is 2. The molecule has 5 rings (SSSR count). The van der Waals surface area contributed by atoms with Gasteiger partial charge in [-0.2, -0.15) is 0 Å². The molecule has 3 aliphatic carbocycles. The van der Waals surface area contributed by atoms with Crippen LogP contribution in [-0.4, -0.2) is 103 Å². The number of phenols is 1. The number of primary amides is 1. The average molecular weight is 663 g/mol. The summed E-state index contributed by atoms with van der Waals surface area (Å²) in [5, 5.41) is 57.8. The van der Waals surface area contributed by atoms with E-state index < -0.39 is 88.1 Å².